The molecule has 0 bridgehead atoms. The molecule has 1 aromatic rings. The van der Waals surface area contributed by atoms with E-state index in [0.717, 1.165) is 6.42 Å². The molecule has 0 saturated carbocycles. The number of nitrogen functional groups attached to an aromatic ring is 1. The summed E-state index contributed by atoms with van der Waals surface area (Å²) in [6, 6.07) is 4.53. The van der Waals surface area contributed by atoms with E-state index in [0.29, 0.717) is 10.2 Å². The molecule has 4 N–H and O–H groups in total. The molecule has 0 spiro atoms. The number of hydrogen-bond donors (Lipinski definition) is 3. The molecule has 8 heteroatoms. The number of carbonyl (C=O) groups is 1. The fourth-order valence-electron chi connectivity index (χ4n) is 1.56. The lowest BCUT2D eigenvalue weighted by Gasteiger charge is -2.12. The van der Waals surface area contributed by atoms with Crippen molar-refractivity contribution in [2.75, 3.05) is 12.3 Å². The summed E-state index contributed by atoms with van der Waals surface area (Å²) in [4.78, 5) is 11.7. The van der Waals surface area contributed by atoms with Gasteiger partial charge in [-0.15, -0.1) is 0 Å². The summed E-state index contributed by atoms with van der Waals surface area (Å²) in [5.41, 5.74) is 6.04. The van der Waals surface area contributed by atoms with Gasteiger partial charge in [-0.2, -0.15) is 0 Å². The number of rotatable bonds is 7. The molecule has 0 aliphatic rings. The van der Waals surface area contributed by atoms with Gasteiger partial charge in [0.2, 0.25) is 15.9 Å². The van der Waals surface area contributed by atoms with Gasteiger partial charge in [-0.25, -0.2) is 13.1 Å². The summed E-state index contributed by atoms with van der Waals surface area (Å²) >= 11 is 3.17. The molecule has 0 aromatic heterocycles. The third kappa shape index (κ3) is 5.64. The van der Waals surface area contributed by atoms with Crippen molar-refractivity contribution in [3.63, 3.8) is 0 Å². The Morgan fingerprint density at radius 2 is 2.10 bits per heavy atom. The molecule has 0 fully saturated rings. The minimum Gasteiger partial charge on any atom is -0.399 e. The largest absolute Gasteiger partial charge is 0.399 e. The van der Waals surface area contributed by atoms with Crippen molar-refractivity contribution in [2.45, 2.75) is 37.6 Å². The van der Waals surface area contributed by atoms with E-state index in [1.165, 1.54) is 18.2 Å². The topological polar surface area (TPSA) is 101 Å². The van der Waals surface area contributed by atoms with E-state index in [-0.39, 0.29) is 29.8 Å². The molecular weight excluding hydrogens is 358 g/mol. The maximum Gasteiger partial charge on any atom is 0.241 e. The standard InChI is InChI=1S/C13H20BrN3O3S/c1-3-9(2)17-13(18)6-7-16-21(19,20)12-5-4-10(15)8-11(12)14/h4-5,8-9,16H,3,6-7,15H2,1-2H3,(H,17,18). The average Bonchev–Trinajstić information content (AvgIpc) is 2.37. The van der Waals surface area contributed by atoms with Gasteiger partial charge in [0.05, 0.1) is 4.90 Å². The van der Waals surface area contributed by atoms with Crippen LogP contribution in [0.3, 0.4) is 0 Å². The van der Waals surface area contributed by atoms with Crippen LogP contribution in [0.15, 0.2) is 27.6 Å². The second kappa shape index (κ2) is 7.77. The van der Waals surface area contributed by atoms with Gasteiger partial charge in [0.15, 0.2) is 0 Å². The van der Waals surface area contributed by atoms with Crippen LogP contribution < -0.4 is 15.8 Å². The van der Waals surface area contributed by atoms with Crippen LogP contribution in [0.2, 0.25) is 0 Å². The highest BCUT2D eigenvalue weighted by Gasteiger charge is 2.17. The van der Waals surface area contributed by atoms with E-state index in [1.54, 1.807) is 0 Å². The fraction of sp³-hybridized carbons (Fsp3) is 0.462. The van der Waals surface area contributed by atoms with Gasteiger partial charge in [0.1, 0.15) is 0 Å². The highest BCUT2D eigenvalue weighted by molar-refractivity contribution is 9.10. The van der Waals surface area contributed by atoms with Gasteiger partial charge in [-0.3, -0.25) is 4.79 Å². The molecule has 1 aromatic carbocycles. The molecular formula is C13H20BrN3O3S. The Hall–Kier alpha value is -1.12. The van der Waals surface area contributed by atoms with Crippen LogP contribution in [0.5, 0.6) is 0 Å². The molecule has 6 nitrogen and oxygen atoms in total. The first-order valence-corrected chi connectivity index (χ1v) is 8.88. The van der Waals surface area contributed by atoms with Crippen molar-refractivity contribution in [3.8, 4) is 0 Å². The van der Waals surface area contributed by atoms with Crippen molar-refractivity contribution in [1.82, 2.24) is 10.0 Å². The molecule has 0 aliphatic heterocycles. The van der Waals surface area contributed by atoms with Gasteiger partial charge >= 0.3 is 0 Å². The fourth-order valence-corrected chi connectivity index (χ4v) is 3.69. The van der Waals surface area contributed by atoms with Crippen molar-refractivity contribution in [1.29, 1.82) is 0 Å². The van der Waals surface area contributed by atoms with E-state index < -0.39 is 10.0 Å². The minimum atomic E-state index is -3.67. The average molecular weight is 378 g/mol. The summed E-state index contributed by atoms with van der Waals surface area (Å²) < 4.78 is 27.0. The Kier molecular flexibility index (Phi) is 6.63. The van der Waals surface area contributed by atoms with Gasteiger partial charge in [0, 0.05) is 29.2 Å². The van der Waals surface area contributed by atoms with Crippen LogP contribution in [0.1, 0.15) is 26.7 Å². The van der Waals surface area contributed by atoms with Gasteiger partial charge in [-0.1, -0.05) is 6.92 Å². The van der Waals surface area contributed by atoms with E-state index in [1.807, 2.05) is 13.8 Å². The summed E-state index contributed by atoms with van der Waals surface area (Å²) in [6.45, 7) is 3.90. The van der Waals surface area contributed by atoms with E-state index in [2.05, 4.69) is 26.0 Å². The number of hydrogen-bond acceptors (Lipinski definition) is 4. The van der Waals surface area contributed by atoms with Crippen molar-refractivity contribution < 1.29 is 13.2 Å². The lowest BCUT2D eigenvalue weighted by molar-refractivity contribution is -0.121. The number of nitrogens with two attached hydrogens (primary N) is 1. The zero-order valence-electron chi connectivity index (χ0n) is 12.0. The van der Waals surface area contributed by atoms with Crippen LogP contribution >= 0.6 is 15.9 Å². The Balaban J connectivity index is 2.60. The summed E-state index contributed by atoms with van der Waals surface area (Å²) in [7, 11) is -3.67. The molecule has 21 heavy (non-hydrogen) atoms. The third-order valence-electron chi connectivity index (χ3n) is 2.91. The monoisotopic (exact) mass is 377 g/mol. The molecule has 1 atom stereocenters. The molecule has 0 saturated heterocycles. The van der Waals surface area contributed by atoms with Gasteiger partial charge in [0.25, 0.3) is 0 Å². The smallest absolute Gasteiger partial charge is 0.241 e. The van der Waals surface area contributed by atoms with Crippen molar-refractivity contribution in [2.24, 2.45) is 0 Å². The molecule has 0 radical (unpaired) electrons. The number of benzene rings is 1. The molecule has 1 rings (SSSR count). The van der Waals surface area contributed by atoms with Crippen LogP contribution in [-0.4, -0.2) is 26.9 Å². The Labute approximate surface area is 133 Å². The van der Waals surface area contributed by atoms with Gasteiger partial charge < -0.3 is 11.1 Å². The number of nitrogens with one attached hydrogen (secondary N) is 2. The second-order valence-electron chi connectivity index (χ2n) is 4.71. The minimum absolute atomic E-state index is 0.0431. The first-order chi connectivity index (χ1) is 9.76. The molecule has 1 amide bonds. The number of amides is 1. The number of carbonyl (C=O) groups excluding carboxylic acids is 1. The predicted octanol–water partition coefficient (Wildman–Crippen LogP) is 1.61. The van der Waals surface area contributed by atoms with Crippen molar-refractivity contribution >= 4 is 37.5 Å². The van der Waals surface area contributed by atoms with Crippen LogP contribution in [0.25, 0.3) is 0 Å². The number of anilines is 1. The normalized spacial score (nSPS) is 12.9. The summed E-state index contributed by atoms with van der Waals surface area (Å²) in [5, 5.41) is 2.77. The Morgan fingerprint density at radius 1 is 1.43 bits per heavy atom. The maximum atomic E-state index is 12.1. The Bertz CT molecular complexity index is 605. The highest BCUT2D eigenvalue weighted by atomic mass is 79.9. The Morgan fingerprint density at radius 3 is 2.67 bits per heavy atom. The van der Waals surface area contributed by atoms with E-state index in [9.17, 15) is 13.2 Å². The first-order valence-electron chi connectivity index (χ1n) is 6.60. The highest BCUT2D eigenvalue weighted by Crippen LogP contribution is 2.23. The van der Waals surface area contributed by atoms with E-state index >= 15 is 0 Å². The van der Waals surface area contributed by atoms with Crippen LogP contribution in [-0.2, 0) is 14.8 Å². The van der Waals surface area contributed by atoms with Crippen LogP contribution in [0, 0.1) is 0 Å². The van der Waals surface area contributed by atoms with E-state index in [4.69, 9.17) is 5.73 Å². The number of halogens is 1. The quantitative estimate of drug-likeness (QED) is 0.628. The number of sulfonamides is 1. The zero-order valence-corrected chi connectivity index (χ0v) is 14.4. The van der Waals surface area contributed by atoms with Crippen LogP contribution in [0.4, 0.5) is 5.69 Å². The zero-order chi connectivity index (χ0) is 16.0. The SMILES string of the molecule is CCC(C)NC(=O)CCNS(=O)(=O)c1ccc(N)cc1Br. The molecule has 0 aliphatic carbocycles. The third-order valence-corrected chi connectivity index (χ3v) is 5.35. The van der Waals surface area contributed by atoms with Gasteiger partial charge in [-0.05, 0) is 47.5 Å². The lowest BCUT2D eigenvalue weighted by Crippen LogP contribution is -2.35. The molecule has 118 valence electrons. The first kappa shape index (κ1) is 17.9. The summed E-state index contributed by atoms with van der Waals surface area (Å²) in [5.74, 6) is -0.177. The predicted molar refractivity (Wildman–Crippen MR) is 86.3 cm³/mol. The van der Waals surface area contributed by atoms with Crippen molar-refractivity contribution in [3.05, 3.63) is 22.7 Å². The lowest BCUT2D eigenvalue weighted by atomic mass is 10.2. The molecule has 0 heterocycles. The maximum absolute atomic E-state index is 12.1. The molecule has 1 unspecified atom stereocenters. The summed E-state index contributed by atoms with van der Waals surface area (Å²) in [6.07, 6.45) is 0.923. The second-order valence-corrected chi connectivity index (χ2v) is 7.30.